The van der Waals surface area contributed by atoms with Crippen LogP contribution in [0.4, 0.5) is 14.5 Å². The van der Waals surface area contributed by atoms with Gasteiger partial charge in [0.05, 0.1) is 24.0 Å². The van der Waals surface area contributed by atoms with Crippen molar-refractivity contribution in [1.29, 1.82) is 0 Å². The Morgan fingerprint density at radius 1 is 1.32 bits per heavy atom. The first kappa shape index (κ1) is 19.1. The number of anilines is 1. The summed E-state index contributed by atoms with van der Waals surface area (Å²) in [4.78, 5) is 24.8. The molecule has 1 aliphatic rings. The molecule has 2 aromatic rings. The van der Waals surface area contributed by atoms with Crippen LogP contribution in [0.25, 0.3) is 5.69 Å². The minimum atomic E-state index is -2.90. The van der Waals surface area contributed by atoms with Gasteiger partial charge in [0.15, 0.2) is 0 Å². The number of carbonyl (C=O) groups is 1. The summed E-state index contributed by atoms with van der Waals surface area (Å²) >= 11 is 0. The van der Waals surface area contributed by atoms with Gasteiger partial charge in [0.1, 0.15) is 5.69 Å². The Bertz CT molecular complexity index is 833. The summed E-state index contributed by atoms with van der Waals surface area (Å²) in [5, 5.41) is 4.98. The highest BCUT2D eigenvalue weighted by molar-refractivity contribution is 5.95. The zero-order valence-electron chi connectivity index (χ0n) is 13.8. The van der Waals surface area contributed by atoms with Crippen LogP contribution >= 0.6 is 12.4 Å². The van der Waals surface area contributed by atoms with Crippen LogP contribution < -0.4 is 16.2 Å². The standard InChI is InChI=1S/C16H18F2N4O2.ClH/c1-10-13(20-14(23)12-8-16(17,18)9-19-12)15(24)22(21(10)2)11-6-4-3-5-7-11;/h3-7,12,19H,8-9H2,1-2H3,(H,20,23);1H. The predicted octanol–water partition coefficient (Wildman–Crippen LogP) is 1.84. The molecule has 0 spiro atoms. The van der Waals surface area contributed by atoms with Gasteiger partial charge in [0.2, 0.25) is 5.91 Å². The third-order valence-electron chi connectivity index (χ3n) is 4.23. The predicted molar refractivity (Wildman–Crippen MR) is 93.0 cm³/mol. The van der Waals surface area contributed by atoms with Gasteiger partial charge in [-0.2, -0.15) is 0 Å². The molecular weight excluding hydrogens is 354 g/mol. The monoisotopic (exact) mass is 372 g/mol. The maximum absolute atomic E-state index is 13.2. The second-order valence-electron chi connectivity index (χ2n) is 5.92. The van der Waals surface area contributed by atoms with E-state index in [1.807, 2.05) is 6.07 Å². The first-order valence-corrected chi connectivity index (χ1v) is 7.56. The van der Waals surface area contributed by atoms with E-state index in [1.165, 1.54) is 4.68 Å². The summed E-state index contributed by atoms with van der Waals surface area (Å²) in [6, 6.07) is 7.96. The molecule has 3 rings (SSSR count). The van der Waals surface area contributed by atoms with Crippen molar-refractivity contribution in [1.82, 2.24) is 14.7 Å². The SMILES string of the molecule is Cc1c(NC(=O)C2CC(F)(F)CN2)c(=O)n(-c2ccccc2)n1C.Cl. The molecule has 1 saturated heterocycles. The number of rotatable bonds is 3. The Kier molecular flexibility index (Phi) is 5.34. The maximum atomic E-state index is 13.2. The maximum Gasteiger partial charge on any atom is 0.295 e. The largest absolute Gasteiger partial charge is 0.319 e. The number of amides is 1. The van der Waals surface area contributed by atoms with Gasteiger partial charge in [-0.3, -0.25) is 19.6 Å². The Labute approximate surface area is 149 Å². The first-order chi connectivity index (χ1) is 11.3. The van der Waals surface area contributed by atoms with Crippen molar-refractivity contribution in [2.75, 3.05) is 11.9 Å². The molecule has 136 valence electrons. The van der Waals surface area contributed by atoms with Crippen LogP contribution in [-0.2, 0) is 11.8 Å². The van der Waals surface area contributed by atoms with Crippen LogP contribution in [0, 0.1) is 6.92 Å². The van der Waals surface area contributed by atoms with E-state index in [9.17, 15) is 18.4 Å². The lowest BCUT2D eigenvalue weighted by Gasteiger charge is -2.10. The molecule has 0 aliphatic carbocycles. The van der Waals surface area contributed by atoms with Crippen LogP contribution in [0.15, 0.2) is 35.1 Å². The van der Waals surface area contributed by atoms with Gasteiger partial charge < -0.3 is 5.32 Å². The fourth-order valence-electron chi connectivity index (χ4n) is 2.82. The van der Waals surface area contributed by atoms with Crippen molar-refractivity contribution >= 4 is 24.0 Å². The number of nitrogens with zero attached hydrogens (tertiary/aromatic N) is 2. The molecule has 2 N–H and O–H groups in total. The number of para-hydroxylation sites is 1. The molecule has 6 nitrogen and oxygen atoms in total. The van der Waals surface area contributed by atoms with Crippen molar-refractivity contribution in [2.24, 2.45) is 7.05 Å². The highest BCUT2D eigenvalue weighted by Crippen LogP contribution is 2.26. The summed E-state index contributed by atoms with van der Waals surface area (Å²) < 4.78 is 29.5. The van der Waals surface area contributed by atoms with E-state index in [0.717, 1.165) is 0 Å². The Balaban J connectivity index is 0.00000225. The molecule has 1 atom stereocenters. The zero-order chi connectivity index (χ0) is 17.5. The molecule has 0 saturated carbocycles. The van der Waals surface area contributed by atoms with Gasteiger partial charge in [-0.05, 0) is 19.1 Å². The van der Waals surface area contributed by atoms with Crippen LogP contribution in [-0.4, -0.2) is 33.8 Å². The summed E-state index contributed by atoms with van der Waals surface area (Å²) in [6.07, 6.45) is -0.572. The summed E-state index contributed by atoms with van der Waals surface area (Å²) in [5.74, 6) is -3.53. The van der Waals surface area contributed by atoms with Crippen molar-refractivity contribution < 1.29 is 13.6 Å². The number of aromatic nitrogens is 2. The lowest BCUT2D eigenvalue weighted by atomic mass is 10.2. The number of nitrogens with one attached hydrogen (secondary N) is 2. The van der Waals surface area contributed by atoms with Crippen molar-refractivity contribution in [3.8, 4) is 5.69 Å². The summed E-state index contributed by atoms with van der Waals surface area (Å²) in [7, 11) is 1.70. The van der Waals surface area contributed by atoms with Crippen LogP contribution in [0.5, 0.6) is 0 Å². The van der Waals surface area contributed by atoms with Crippen molar-refractivity contribution in [3.63, 3.8) is 0 Å². The number of hydrogen-bond acceptors (Lipinski definition) is 3. The summed E-state index contributed by atoms with van der Waals surface area (Å²) in [6.45, 7) is 1.15. The Morgan fingerprint density at radius 3 is 2.52 bits per heavy atom. The number of carbonyl (C=O) groups excluding carboxylic acids is 1. The number of halogens is 3. The van der Waals surface area contributed by atoms with Gasteiger partial charge in [-0.15, -0.1) is 12.4 Å². The molecule has 1 fully saturated rings. The second kappa shape index (κ2) is 6.97. The van der Waals surface area contributed by atoms with E-state index in [1.54, 1.807) is 42.9 Å². The third kappa shape index (κ3) is 3.59. The fourth-order valence-corrected chi connectivity index (χ4v) is 2.82. The Hall–Kier alpha value is -2.19. The molecule has 1 unspecified atom stereocenters. The highest BCUT2D eigenvalue weighted by Gasteiger charge is 2.42. The first-order valence-electron chi connectivity index (χ1n) is 7.56. The topological polar surface area (TPSA) is 68.1 Å². The average Bonchev–Trinajstić information content (AvgIpc) is 3.01. The quantitative estimate of drug-likeness (QED) is 0.864. The molecule has 0 bridgehead atoms. The van der Waals surface area contributed by atoms with Gasteiger partial charge in [-0.1, -0.05) is 18.2 Å². The molecule has 1 aromatic heterocycles. The molecule has 1 amide bonds. The highest BCUT2D eigenvalue weighted by atomic mass is 35.5. The van der Waals surface area contributed by atoms with E-state index in [0.29, 0.717) is 11.4 Å². The smallest absolute Gasteiger partial charge is 0.295 e. The van der Waals surface area contributed by atoms with Crippen molar-refractivity contribution in [2.45, 2.75) is 25.3 Å². The van der Waals surface area contributed by atoms with Gasteiger partial charge in [0.25, 0.3) is 11.5 Å². The van der Waals surface area contributed by atoms with E-state index >= 15 is 0 Å². The molecule has 1 aliphatic heterocycles. The fraction of sp³-hybridized carbons (Fsp3) is 0.375. The van der Waals surface area contributed by atoms with E-state index in [-0.39, 0.29) is 18.1 Å². The molecule has 1 aromatic carbocycles. The third-order valence-corrected chi connectivity index (χ3v) is 4.23. The summed E-state index contributed by atoms with van der Waals surface area (Å²) in [5.41, 5.74) is 0.892. The molecule has 9 heteroatoms. The number of benzene rings is 1. The van der Waals surface area contributed by atoms with E-state index in [4.69, 9.17) is 0 Å². The lowest BCUT2D eigenvalue weighted by Crippen LogP contribution is -2.36. The normalized spacial score (nSPS) is 18.6. The second-order valence-corrected chi connectivity index (χ2v) is 5.92. The lowest BCUT2D eigenvalue weighted by molar-refractivity contribution is -0.118. The van der Waals surface area contributed by atoms with Gasteiger partial charge in [0, 0.05) is 13.5 Å². The van der Waals surface area contributed by atoms with Crippen LogP contribution in [0.1, 0.15) is 12.1 Å². The van der Waals surface area contributed by atoms with Crippen LogP contribution in [0.3, 0.4) is 0 Å². The zero-order valence-corrected chi connectivity index (χ0v) is 14.6. The van der Waals surface area contributed by atoms with Gasteiger partial charge in [-0.25, -0.2) is 13.5 Å². The van der Waals surface area contributed by atoms with Crippen molar-refractivity contribution in [3.05, 3.63) is 46.4 Å². The number of alkyl halides is 2. The van der Waals surface area contributed by atoms with E-state index < -0.39 is 36.4 Å². The molecular formula is C16H19ClF2N4O2. The number of hydrogen-bond donors (Lipinski definition) is 2. The van der Waals surface area contributed by atoms with Gasteiger partial charge >= 0.3 is 0 Å². The minimum Gasteiger partial charge on any atom is -0.319 e. The Morgan fingerprint density at radius 2 is 1.96 bits per heavy atom. The molecule has 0 radical (unpaired) electrons. The average molecular weight is 373 g/mol. The minimum absolute atomic E-state index is 0. The molecule has 25 heavy (non-hydrogen) atoms. The molecule has 2 heterocycles. The van der Waals surface area contributed by atoms with Crippen LogP contribution in [0.2, 0.25) is 0 Å². The van der Waals surface area contributed by atoms with E-state index in [2.05, 4.69) is 10.6 Å².